The molecular weight excluding hydrogens is 311 g/mol. The summed E-state index contributed by atoms with van der Waals surface area (Å²) in [6.07, 6.45) is 4.93. The second-order valence-corrected chi connectivity index (χ2v) is 6.42. The number of benzene rings is 1. The molecule has 4 nitrogen and oxygen atoms in total. The lowest BCUT2D eigenvalue weighted by atomic mass is 9.87. The topological polar surface area (TPSA) is 44.8 Å². The van der Waals surface area contributed by atoms with Gasteiger partial charge in [-0.25, -0.2) is 4.39 Å². The number of hydrogen-bond acceptors (Lipinski definition) is 4. The largest absolute Gasteiger partial charge is 0.459 e. The van der Waals surface area contributed by atoms with Gasteiger partial charge in [0, 0.05) is 19.1 Å². The molecule has 0 N–H and O–H groups in total. The van der Waals surface area contributed by atoms with Crippen LogP contribution in [0.5, 0.6) is 0 Å². The molecule has 0 unspecified atom stereocenters. The normalized spacial score (nSPS) is 18.1. The molecule has 0 aromatic heterocycles. The quantitative estimate of drug-likeness (QED) is 0.521. The standard InChI is InChI=1S/C19H27FO4/c1-14(24-18(21)12-15-8-4-3-5-9-15)19(23-13-22-2)16-10-6-7-11-17(16)20/h6-7,10-11,14-15,19H,3-5,8-9,12-13H2,1-2H3/t14-,19+/m0/s1. The molecule has 0 aliphatic heterocycles. The average Bonchev–Trinajstić information content (AvgIpc) is 2.57. The molecule has 5 heteroatoms. The maximum atomic E-state index is 14.1. The summed E-state index contributed by atoms with van der Waals surface area (Å²) in [7, 11) is 1.50. The third-order valence-corrected chi connectivity index (χ3v) is 4.50. The van der Waals surface area contributed by atoms with Crippen molar-refractivity contribution in [2.75, 3.05) is 13.9 Å². The van der Waals surface area contributed by atoms with Crippen molar-refractivity contribution in [3.8, 4) is 0 Å². The van der Waals surface area contributed by atoms with E-state index in [-0.39, 0.29) is 18.6 Å². The van der Waals surface area contributed by atoms with Crippen LogP contribution >= 0.6 is 0 Å². The number of ether oxygens (including phenoxy) is 3. The van der Waals surface area contributed by atoms with Gasteiger partial charge in [0.2, 0.25) is 0 Å². The molecule has 2 rings (SSSR count). The number of methoxy groups -OCH3 is 1. The van der Waals surface area contributed by atoms with E-state index in [4.69, 9.17) is 14.2 Å². The summed E-state index contributed by atoms with van der Waals surface area (Å²) >= 11 is 0. The molecule has 24 heavy (non-hydrogen) atoms. The molecule has 1 aromatic rings. The molecule has 0 amide bonds. The van der Waals surface area contributed by atoms with Gasteiger partial charge < -0.3 is 14.2 Å². The Morgan fingerprint density at radius 2 is 1.96 bits per heavy atom. The zero-order chi connectivity index (χ0) is 17.4. The molecule has 0 saturated heterocycles. The number of hydrogen-bond donors (Lipinski definition) is 0. The molecule has 1 saturated carbocycles. The Morgan fingerprint density at radius 3 is 2.62 bits per heavy atom. The Kier molecular flexibility index (Phi) is 7.66. The fourth-order valence-electron chi connectivity index (χ4n) is 3.27. The highest BCUT2D eigenvalue weighted by Gasteiger charge is 2.27. The molecule has 134 valence electrons. The minimum absolute atomic E-state index is 0.00349. The number of carbonyl (C=O) groups excluding carboxylic acids is 1. The van der Waals surface area contributed by atoms with Crippen LogP contribution in [0.1, 0.15) is 57.1 Å². The number of rotatable bonds is 8. The molecule has 1 aliphatic rings. The van der Waals surface area contributed by atoms with Gasteiger partial charge in [-0.05, 0) is 31.7 Å². The third-order valence-electron chi connectivity index (χ3n) is 4.50. The first-order valence-corrected chi connectivity index (χ1v) is 8.66. The van der Waals surface area contributed by atoms with Crippen molar-refractivity contribution in [2.45, 2.75) is 57.7 Å². The van der Waals surface area contributed by atoms with Crippen molar-refractivity contribution >= 4 is 5.97 Å². The molecular formula is C19H27FO4. The van der Waals surface area contributed by atoms with E-state index in [0.29, 0.717) is 17.9 Å². The van der Waals surface area contributed by atoms with Gasteiger partial charge in [-0.3, -0.25) is 4.79 Å². The smallest absolute Gasteiger partial charge is 0.306 e. The van der Waals surface area contributed by atoms with Crippen LogP contribution in [0.25, 0.3) is 0 Å². The van der Waals surface area contributed by atoms with Gasteiger partial charge in [0.25, 0.3) is 0 Å². The summed E-state index contributed by atoms with van der Waals surface area (Å²) < 4.78 is 30.1. The summed E-state index contributed by atoms with van der Waals surface area (Å²) in [5.41, 5.74) is 0.368. The minimum atomic E-state index is -0.693. The van der Waals surface area contributed by atoms with E-state index in [1.165, 1.54) is 32.4 Å². The maximum absolute atomic E-state index is 14.1. The third kappa shape index (κ3) is 5.56. The first kappa shape index (κ1) is 18.9. The summed E-state index contributed by atoms with van der Waals surface area (Å²) in [5.74, 6) is -0.212. The lowest BCUT2D eigenvalue weighted by molar-refractivity contribution is -0.165. The van der Waals surface area contributed by atoms with E-state index in [1.807, 2.05) is 0 Å². The highest BCUT2D eigenvalue weighted by molar-refractivity contribution is 5.70. The summed E-state index contributed by atoms with van der Waals surface area (Å²) in [6, 6.07) is 6.36. The lowest BCUT2D eigenvalue weighted by Gasteiger charge is -2.26. The Morgan fingerprint density at radius 1 is 1.25 bits per heavy atom. The molecule has 2 atom stereocenters. The van der Waals surface area contributed by atoms with Gasteiger partial charge in [-0.15, -0.1) is 0 Å². The lowest BCUT2D eigenvalue weighted by Crippen LogP contribution is -2.27. The van der Waals surface area contributed by atoms with Crippen LogP contribution < -0.4 is 0 Å². The molecule has 1 aliphatic carbocycles. The number of halogens is 1. The average molecular weight is 338 g/mol. The van der Waals surface area contributed by atoms with Gasteiger partial charge >= 0.3 is 5.97 Å². The van der Waals surface area contributed by atoms with Crippen molar-refractivity contribution in [3.63, 3.8) is 0 Å². The van der Waals surface area contributed by atoms with Crippen molar-refractivity contribution in [1.82, 2.24) is 0 Å². The molecule has 0 radical (unpaired) electrons. The Bertz CT molecular complexity index is 514. The minimum Gasteiger partial charge on any atom is -0.459 e. The van der Waals surface area contributed by atoms with Gasteiger partial charge in [0.05, 0.1) is 0 Å². The van der Waals surface area contributed by atoms with Crippen LogP contribution in [0.3, 0.4) is 0 Å². The van der Waals surface area contributed by atoms with Crippen LogP contribution in [0.2, 0.25) is 0 Å². The second-order valence-electron chi connectivity index (χ2n) is 6.42. The van der Waals surface area contributed by atoms with Gasteiger partial charge in [0.1, 0.15) is 24.8 Å². The Hall–Kier alpha value is -1.46. The predicted molar refractivity (Wildman–Crippen MR) is 88.8 cm³/mol. The van der Waals surface area contributed by atoms with Crippen LogP contribution in [0.15, 0.2) is 24.3 Å². The highest BCUT2D eigenvalue weighted by Crippen LogP contribution is 2.29. The molecule has 1 fully saturated rings. The number of esters is 1. The number of carbonyl (C=O) groups is 1. The van der Waals surface area contributed by atoms with E-state index in [2.05, 4.69) is 0 Å². The first-order valence-electron chi connectivity index (χ1n) is 8.66. The van der Waals surface area contributed by atoms with Crippen molar-refractivity contribution in [2.24, 2.45) is 5.92 Å². The van der Waals surface area contributed by atoms with Gasteiger partial charge in [0.15, 0.2) is 0 Å². The molecule has 0 heterocycles. The summed E-state index contributed by atoms with van der Waals surface area (Å²) in [4.78, 5) is 12.2. The second kappa shape index (κ2) is 9.74. The van der Waals surface area contributed by atoms with Gasteiger partial charge in [-0.1, -0.05) is 37.5 Å². The van der Waals surface area contributed by atoms with Crippen LogP contribution in [0.4, 0.5) is 4.39 Å². The zero-order valence-electron chi connectivity index (χ0n) is 14.5. The van der Waals surface area contributed by atoms with Crippen LogP contribution in [-0.4, -0.2) is 26.0 Å². The van der Waals surface area contributed by atoms with E-state index < -0.39 is 12.2 Å². The van der Waals surface area contributed by atoms with Gasteiger partial charge in [-0.2, -0.15) is 0 Å². The van der Waals surface area contributed by atoms with Crippen molar-refractivity contribution in [1.29, 1.82) is 0 Å². The monoisotopic (exact) mass is 338 g/mol. The van der Waals surface area contributed by atoms with E-state index in [1.54, 1.807) is 25.1 Å². The predicted octanol–water partition coefficient (Wildman–Crippen LogP) is 4.39. The zero-order valence-corrected chi connectivity index (χ0v) is 14.5. The van der Waals surface area contributed by atoms with E-state index >= 15 is 0 Å². The highest BCUT2D eigenvalue weighted by atomic mass is 19.1. The first-order chi connectivity index (χ1) is 11.6. The fraction of sp³-hybridized carbons (Fsp3) is 0.632. The van der Waals surface area contributed by atoms with Crippen molar-refractivity contribution < 1.29 is 23.4 Å². The SMILES string of the molecule is COCO[C@@H](c1ccccc1F)[C@H](C)OC(=O)CC1CCCCC1. The summed E-state index contributed by atoms with van der Waals surface area (Å²) in [5, 5.41) is 0. The summed E-state index contributed by atoms with van der Waals surface area (Å²) in [6.45, 7) is 1.73. The Labute approximate surface area is 143 Å². The fourth-order valence-corrected chi connectivity index (χ4v) is 3.27. The molecule has 0 bridgehead atoms. The van der Waals surface area contributed by atoms with E-state index in [0.717, 1.165) is 12.8 Å². The van der Waals surface area contributed by atoms with E-state index in [9.17, 15) is 9.18 Å². The maximum Gasteiger partial charge on any atom is 0.306 e. The molecule has 0 spiro atoms. The van der Waals surface area contributed by atoms with Crippen LogP contribution in [-0.2, 0) is 19.0 Å². The Balaban J connectivity index is 1.97. The molecule has 1 aromatic carbocycles. The van der Waals surface area contributed by atoms with Crippen molar-refractivity contribution in [3.05, 3.63) is 35.6 Å². The van der Waals surface area contributed by atoms with Crippen LogP contribution in [0, 0.1) is 11.7 Å².